The first-order valence-electron chi connectivity index (χ1n) is 7.61. The largest absolute Gasteiger partial charge is 0.456 e. The van der Waals surface area contributed by atoms with E-state index in [4.69, 9.17) is 0 Å². The van der Waals surface area contributed by atoms with Crippen molar-refractivity contribution in [2.24, 2.45) is 0 Å². The summed E-state index contributed by atoms with van der Waals surface area (Å²) in [5.74, 6) is -6.08. The summed E-state index contributed by atoms with van der Waals surface area (Å²) in [6.45, 7) is 1.33. The topological polar surface area (TPSA) is 9.23 Å². The molecule has 13 heteroatoms. The summed E-state index contributed by atoms with van der Waals surface area (Å²) in [6.07, 6.45) is -24.3. The summed E-state index contributed by atoms with van der Waals surface area (Å²) >= 11 is 0. The molecule has 0 bridgehead atoms. The molecule has 0 radical (unpaired) electrons. The van der Waals surface area contributed by atoms with Crippen molar-refractivity contribution in [3.8, 4) is 0 Å². The first-order valence-corrected chi connectivity index (χ1v) is 7.61. The van der Waals surface area contributed by atoms with E-state index >= 15 is 0 Å². The lowest BCUT2D eigenvalue weighted by Gasteiger charge is -2.47. The molecule has 0 aliphatic rings. The van der Waals surface area contributed by atoms with Crippen LogP contribution in [0, 0.1) is 0 Å². The number of alkyl halides is 12. The molecule has 0 aromatic rings. The third-order valence-electron chi connectivity index (χ3n) is 4.57. The van der Waals surface area contributed by atoms with Gasteiger partial charge in [-0.2, -0.15) is 43.9 Å². The normalized spacial score (nSPS) is 19.6. The smallest absolute Gasteiger partial charge is 0.304 e. The van der Waals surface area contributed by atoms with Crippen molar-refractivity contribution in [3.63, 3.8) is 0 Å². The van der Waals surface area contributed by atoms with Gasteiger partial charge in [0.15, 0.2) is 5.67 Å². The quantitative estimate of drug-likeness (QED) is 0.387. The highest BCUT2D eigenvalue weighted by Crippen LogP contribution is 2.58. The average molecular weight is 430 g/mol. The Morgan fingerprint density at radius 3 is 1.19 bits per heavy atom. The Hall–Kier alpha value is -0.880. The Balaban J connectivity index is 6.63. The summed E-state index contributed by atoms with van der Waals surface area (Å²) in [6, 6.07) is 0. The van der Waals surface area contributed by atoms with E-state index in [1.165, 1.54) is 0 Å². The summed E-state index contributed by atoms with van der Waals surface area (Å²) in [7, 11) is 0. The van der Waals surface area contributed by atoms with E-state index in [-0.39, 0.29) is 6.92 Å². The molecular weight excluding hydrogens is 412 g/mol. The molecule has 1 nitrogen and oxygen atoms in total. The molecule has 0 saturated carbocycles. The summed E-state index contributed by atoms with van der Waals surface area (Å²) < 4.78 is 165. The standard InChI is InChI=1S/C14H18F12O/c1-5-8(4,15)10(16,12(19,20)21)14(25,26)27-9(6-2,7-3)11(17,18)13(22,23)24/h5-7H2,1-4H3. The Morgan fingerprint density at radius 1 is 0.593 bits per heavy atom. The minimum Gasteiger partial charge on any atom is -0.304 e. The van der Waals surface area contributed by atoms with Gasteiger partial charge in [-0.3, -0.25) is 0 Å². The number of hydrogen-bond donors (Lipinski definition) is 0. The van der Waals surface area contributed by atoms with Crippen molar-refractivity contribution in [2.45, 2.75) is 88.3 Å². The Morgan fingerprint density at radius 2 is 0.963 bits per heavy atom. The summed E-state index contributed by atoms with van der Waals surface area (Å²) in [5, 5.41) is 0. The molecule has 2 atom stereocenters. The van der Waals surface area contributed by atoms with Crippen LogP contribution in [0.1, 0.15) is 47.0 Å². The van der Waals surface area contributed by atoms with Gasteiger partial charge in [0.2, 0.25) is 0 Å². The van der Waals surface area contributed by atoms with E-state index in [0.29, 0.717) is 20.8 Å². The van der Waals surface area contributed by atoms with Crippen molar-refractivity contribution in [1.29, 1.82) is 0 Å². The molecule has 0 fully saturated rings. The van der Waals surface area contributed by atoms with Gasteiger partial charge in [0.1, 0.15) is 5.60 Å². The predicted octanol–water partition coefficient (Wildman–Crippen LogP) is 6.76. The second-order valence-corrected chi connectivity index (χ2v) is 6.10. The van der Waals surface area contributed by atoms with Crippen LogP contribution in [-0.2, 0) is 4.74 Å². The second kappa shape index (κ2) is 7.18. The molecule has 0 saturated heterocycles. The third-order valence-corrected chi connectivity index (χ3v) is 4.57. The molecule has 27 heavy (non-hydrogen) atoms. The number of ether oxygens (including phenoxy) is 1. The highest BCUT2D eigenvalue weighted by molar-refractivity contribution is 5.10. The molecular formula is C14H18F12O. The van der Waals surface area contributed by atoms with Crippen LogP contribution in [0.5, 0.6) is 0 Å². The Kier molecular flexibility index (Phi) is 6.94. The zero-order chi connectivity index (χ0) is 22.3. The van der Waals surface area contributed by atoms with Crippen molar-refractivity contribution >= 4 is 0 Å². The van der Waals surface area contributed by atoms with Gasteiger partial charge in [0.05, 0.1) is 0 Å². The number of rotatable bonds is 8. The molecule has 0 spiro atoms. The van der Waals surface area contributed by atoms with E-state index in [1.54, 1.807) is 0 Å². The lowest BCUT2D eigenvalue weighted by Crippen LogP contribution is -2.71. The molecule has 0 N–H and O–H groups in total. The van der Waals surface area contributed by atoms with Gasteiger partial charge in [0.25, 0.3) is 0 Å². The van der Waals surface area contributed by atoms with E-state index in [2.05, 4.69) is 4.74 Å². The fourth-order valence-corrected chi connectivity index (χ4v) is 2.48. The van der Waals surface area contributed by atoms with Gasteiger partial charge >= 0.3 is 30.1 Å². The lowest BCUT2D eigenvalue weighted by atomic mass is 9.82. The first-order chi connectivity index (χ1) is 11.6. The van der Waals surface area contributed by atoms with E-state index in [1.807, 2.05) is 0 Å². The molecule has 2 unspecified atom stereocenters. The number of halogens is 12. The van der Waals surface area contributed by atoms with Gasteiger partial charge in [-0.25, -0.2) is 8.78 Å². The maximum atomic E-state index is 14.4. The highest BCUT2D eigenvalue weighted by atomic mass is 19.4. The second-order valence-electron chi connectivity index (χ2n) is 6.10. The van der Waals surface area contributed by atoms with Gasteiger partial charge in [-0.1, -0.05) is 20.8 Å². The van der Waals surface area contributed by atoms with E-state index in [9.17, 15) is 52.7 Å². The SMILES string of the molecule is CCC(C)(F)C(F)(C(F)(F)F)C(F)(F)OC(CC)(CC)C(F)(F)C(F)(F)F. The van der Waals surface area contributed by atoms with E-state index < -0.39 is 60.6 Å². The Bertz CT molecular complexity index is 503. The van der Waals surface area contributed by atoms with Crippen LogP contribution in [0.15, 0.2) is 0 Å². The van der Waals surface area contributed by atoms with Crippen LogP contribution in [-0.4, -0.2) is 41.3 Å². The van der Waals surface area contributed by atoms with Gasteiger partial charge in [-0.05, 0) is 26.2 Å². The maximum Gasteiger partial charge on any atom is 0.456 e. The monoisotopic (exact) mass is 430 g/mol. The molecule has 0 rings (SSSR count). The van der Waals surface area contributed by atoms with Gasteiger partial charge in [-0.15, -0.1) is 0 Å². The average Bonchev–Trinajstić information content (AvgIpc) is 2.48. The van der Waals surface area contributed by atoms with Gasteiger partial charge < -0.3 is 4.74 Å². The van der Waals surface area contributed by atoms with Crippen LogP contribution >= 0.6 is 0 Å². The summed E-state index contributed by atoms with van der Waals surface area (Å²) in [4.78, 5) is 0. The van der Waals surface area contributed by atoms with Crippen LogP contribution in [0.3, 0.4) is 0 Å². The van der Waals surface area contributed by atoms with Gasteiger partial charge in [0, 0.05) is 0 Å². The lowest BCUT2D eigenvalue weighted by molar-refractivity contribution is -0.460. The van der Waals surface area contributed by atoms with Crippen molar-refractivity contribution in [3.05, 3.63) is 0 Å². The maximum absolute atomic E-state index is 14.4. The molecule has 0 aromatic heterocycles. The third kappa shape index (κ3) is 3.84. The first kappa shape index (κ1) is 26.1. The fraction of sp³-hybridized carbons (Fsp3) is 1.00. The van der Waals surface area contributed by atoms with Crippen LogP contribution < -0.4 is 0 Å². The summed E-state index contributed by atoms with van der Waals surface area (Å²) in [5.41, 5.74) is -14.9. The van der Waals surface area contributed by atoms with Crippen LogP contribution in [0.4, 0.5) is 52.7 Å². The Labute approximate surface area is 147 Å². The van der Waals surface area contributed by atoms with Crippen molar-refractivity contribution in [2.75, 3.05) is 0 Å². The van der Waals surface area contributed by atoms with Crippen LogP contribution in [0.25, 0.3) is 0 Å². The number of hydrogen-bond acceptors (Lipinski definition) is 1. The zero-order valence-corrected chi connectivity index (χ0v) is 14.6. The minimum atomic E-state index is -6.70. The van der Waals surface area contributed by atoms with Crippen molar-refractivity contribution < 1.29 is 57.4 Å². The molecule has 0 heterocycles. The molecule has 164 valence electrons. The molecule has 0 amide bonds. The van der Waals surface area contributed by atoms with Crippen molar-refractivity contribution in [1.82, 2.24) is 0 Å². The zero-order valence-electron chi connectivity index (χ0n) is 14.6. The fourth-order valence-electron chi connectivity index (χ4n) is 2.48. The van der Waals surface area contributed by atoms with Crippen LogP contribution in [0.2, 0.25) is 0 Å². The molecule has 0 aromatic carbocycles. The predicted molar refractivity (Wildman–Crippen MR) is 70.0 cm³/mol. The minimum absolute atomic E-state index is 0.223. The van der Waals surface area contributed by atoms with E-state index in [0.717, 1.165) is 0 Å². The highest BCUT2D eigenvalue weighted by Gasteiger charge is 2.83. The molecule has 0 aliphatic carbocycles. The molecule has 0 aliphatic heterocycles.